The molecule has 0 spiro atoms. The van der Waals surface area contributed by atoms with Crippen LogP contribution in [-0.4, -0.2) is 16.8 Å². The Kier molecular flexibility index (Phi) is 3.10. The summed E-state index contributed by atoms with van der Waals surface area (Å²) >= 11 is 0. The van der Waals surface area contributed by atoms with Gasteiger partial charge in [0.15, 0.2) is 0 Å². The van der Waals surface area contributed by atoms with Crippen LogP contribution in [0.4, 0.5) is 0 Å². The average Bonchev–Trinajstić information content (AvgIpc) is 2.44. The molecule has 1 aliphatic carbocycles. The van der Waals surface area contributed by atoms with E-state index >= 15 is 0 Å². The summed E-state index contributed by atoms with van der Waals surface area (Å²) < 4.78 is 2.01. The van der Waals surface area contributed by atoms with Crippen LogP contribution in [0.15, 0.2) is 6.07 Å². The Bertz CT molecular complexity index is 326. The van der Waals surface area contributed by atoms with Gasteiger partial charge in [0.25, 0.3) is 0 Å². The van der Waals surface area contributed by atoms with E-state index in [4.69, 9.17) is 0 Å². The van der Waals surface area contributed by atoms with Gasteiger partial charge in [0.1, 0.15) is 0 Å². The van der Waals surface area contributed by atoms with Crippen molar-refractivity contribution in [3.63, 3.8) is 0 Å². The largest absolute Gasteiger partial charge is 0.312 e. The Balaban J connectivity index is 2.07. The van der Waals surface area contributed by atoms with Crippen LogP contribution in [0, 0.1) is 12.8 Å². The summed E-state index contributed by atoms with van der Waals surface area (Å²) in [5.41, 5.74) is 2.43. The van der Waals surface area contributed by atoms with Crippen LogP contribution in [0.3, 0.4) is 0 Å². The summed E-state index contributed by atoms with van der Waals surface area (Å²) in [5, 5.41) is 7.82. The maximum absolute atomic E-state index is 4.41. The third kappa shape index (κ3) is 2.23. The minimum Gasteiger partial charge on any atom is -0.312 e. The van der Waals surface area contributed by atoms with E-state index in [1.165, 1.54) is 31.4 Å². The zero-order chi connectivity index (χ0) is 10.8. The molecule has 1 heterocycles. The van der Waals surface area contributed by atoms with Gasteiger partial charge in [0, 0.05) is 13.1 Å². The number of nitrogens with one attached hydrogen (secondary N) is 1. The predicted octanol–water partition coefficient (Wildman–Crippen LogP) is 2.18. The van der Waals surface area contributed by atoms with Gasteiger partial charge in [-0.15, -0.1) is 0 Å². The van der Waals surface area contributed by atoms with E-state index in [0.29, 0.717) is 6.04 Å². The Morgan fingerprint density at radius 2 is 2.33 bits per heavy atom. The zero-order valence-electron chi connectivity index (χ0n) is 9.95. The van der Waals surface area contributed by atoms with Crippen LogP contribution in [0.2, 0.25) is 0 Å². The first-order chi connectivity index (χ1) is 7.20. The second-order valence-corrected chi connectivity index (χ2v) is 4.71. The smallest absolute Gasteiger partial charge is 0.0597 e. The molecule has 0 aliphatic heterocycles. The Morgan fingerprint density at radius 3 is 2.73 bits per heavy atom. The zero-order valence-corrected chi connectivity index (χ0v) is 9.95. The number of aromatic nitrogens is 2. The van der Waals surface area contributed by atoms with Gasteiger partial charge in [0.2, 0.25) is 0 Å². The van der Waals surface area contributed by atoms with Crippen LogP contribution in [-0.2, 0) is 7.05 Å². The summed E-state index contributed by atoms with van der Waals surface area (Å²) in [4.78, 5) is 0. The second kappa shape index (κ2) is 4.35. The Morgan fingerprint density at radius 1 is 1.60 bits per heavy atom. The van der Waals surface area contributed by atoms with Crippen LogP contribution in [0.25, 0.3) is 0 Å². The van der Waals surface area contributed by atoms with Crippen molar-refractivity contribution in [2.75, 3.05) is 7.05 Å². The van der Waals surface area contributed by atoms with Crippen LogP contribution in [0.1, 0.15) is 43.1 Å². The molecule has 1 N–H and O–H groups in total. The molecule has 3 heteroatoms. The molecule has 1 aliphatic rings. The van der Waals surface area contributed by atoms with E-state index in [2.05, 4.69) is 23.4 Å². The summed E-state index contributed by atoms with van der Waals surface area (Å²) in [6.45, 7) is 2.06. The van der Waals surface area contributed by atoms with Crippen molar-refractivity contribution in [1.82, 2.24) is 15.1 Å². The molecule has 15 heavy (non-hydrogen) atoms. The molecule has 1 aromatic heterocycles. The van der Waals surface area contributed by atoms with Gasteiger partial charge in [-0.1, -0.05) is 19.3 Å². The quantitative estimate of drug-likeness (QED) is 0.820. The first-order valence-corrected chi connectivity index (χ1v) is 5.88. The van der Waals surface area contributed by atoms with Crippen molar-refractivity contribution in [2.24, 2.45) is 13.0 Å². The van der Waals surface area contributed by atoms with Gasteiger partial charge in [-0.25, -0.2) is 0 Å². The molecule has 1 aromatic rings. The number of hydrogen-bond acceptors (Lipinski definition) is 2. The number of nitrogens with zero attached hydrogens (tertiary/aromatic N) is 2. The molecule has 1 atom stereocenters. The van der Waals surface area contributed by atoms with E-state index in [1.807, 2.05) is 18.8 Å². The molecule has 3 nitrogen and oxygen atoms in total. The highest BCUT2D eigenvalue weighted by Crippen LogP contribution is 2.34. The highest BCUT2D eigenvalue weighted by atomic mass is 15.3. The monoisotopic (exact) mass is 207 g/mol. The second-order valence-electron chi connectivity index (χ2n) is 4.71. The molecule has 2 rings (SSSR count). The van der Waals surface area contributed by atoms with Crippen molar-refractivity contribution >= 4 is 0 Å². The first kappa shape index (κ1) is 10.7. The summed E-state index contributed by atoms with van der Waals surface area (Å²) in [6.07, 6.45) is 5.50. The Hall–Kier alpha value is -0.830. The molecular weight excluding hydrogens is 186 g/mol. The fourth-order valence-corrected chi connectivity index (χ4v) is 2.41. The van der Waals surface area contributed by atoms with Gasteiger partial charge in [-0.3, -0.25) is 4.68 Å². The molecule has 1 fully saturated rings. The van der Waals surface area contributed by atoms with Crippen molar-refractivity contribution in [3.05, 3.63) is 17.5 Å². The fourth-order valence-electron chi connectivity index (χ4n) is 2.41. The summed E-state index contributed by atoms with van der Waals surface area (Å²) in [5.74, 6) is 0.928. The molecule has 0 bridgehead atoms. The summed E-state index contributed by atoms with van der Waals surface area (Å²) in [7, 11) is 4.08. The van der Waals surface area contributed by atoms with E-state index < -0.39 is 0 Å². The Labute approximate surface area is 91.9 Å². The average molecular weight is 207 g/mol. The standard InChI is InChI=1S/C12H21N3/c1-9-7-12(15(3)14-9)11(13-2)8-10-5-4-6-10/h7,10-11,13H,4-6,8H2,1-3H3. The first-order valence-electron chi connectivity index (χ1n) is 5.88. The van der Waals surface area contributed by atoms with Gasteiger partial charge < -0.3 is 5.32 Å². The topological polar surface area (TPSA) is 29.9 Å². The maximum atomic E-state index is 4.41. The molecule has 0 amide bonds. The third-order valence-corrected chi connectivity index (χ3v) is 3.54. The normalized spacial score (nSPS) is 18.9. The SMILES string of the molecule is CNC(CC1CCC1)c1cc(C)nn1C. The van der Waals surface area contributed by atoms with Gasteiger partial charge >= 0.3 is 0 Å². The van der Waals surface area contributed by atoms with Crippen molar-refractivity contribution < 1.29 is 0 Å². The minimum absolute atomic E-state index is 0.474. The van der Waals surface area contributed by atoms with Crippen LogP contribution in [0.5, 0.6) is 0 Å². The van der Waals surface area contributed by atoms with Gasteiger partial charge in [-0.05, 0) is 32.4 Å². The van der Waals surface area contributed by atoms with E-state index in [9.17, 15) is 0 Å². The van der Waals surface area contributed by atoms with E-state index in [-0.39, 0.29) is 0 Å². The van der Waals surface area contributed by atoms with E-state index in [1.54, 1.807) is 0 Å². The van der Waals surface area contributed by atoms with Crippen molar-refractivity contribution in [3.8, 4) is 0 Å². The summed E-state index contributed by atoms with van der Waals surface area (Å²) in [6, 6.07) is 2.67. The molecule has 0 aromatic carbocycles. The number of hydrogen-bond donors (Lipinski definition) is 1. The van der Waals surface area contributed by atoms with Crippen molar-refractivity contribution in [2.45, 2.75) is 38.6 Å². The lowest BCUT2D eigenvalue weighted by Gasteiger charge is -2.29. The lowest BCUT2D eigenvalue weighted by Crippen LogP contribution is -2.24. The van der Waals surface area contributed by atoms with Gasteiger partial charge in [-0.2, -0.15) is 5.10 Å². The molecule has 1 unspecified atom stereocenters. The number of aryl methyl sites for hydroxylation is 2. The lowest BCUT2D eigenvalue weighted by molar-refractivity contribution is 0.261. The van der Waals surface area contributed by atoms with E-state index in [0.717, 1.165) is 11.6 Å². The molecule has 84 valence electrons. The third-order valence-electron chi connectivity index (χ3n) is 3.54. The predicted molar refractivity (Wildman–Crippen MR) is 61.7 cm³/mol. The highest BCUT2D eigenvalue weighted by Gasteiger charge is 2.23. The molecular formula is C12H21N3. The lowest BCUT2D eigenvalue weighted by atomic mass is 9.80. The maximum Gasteiger partial charge on any atom is 0.0597 e. The van der Waals surface area contributed by atoms with Crippen LogP contribution < -0.4 is 5.32 Å². The van der Waals surface area contributed by atoms with Crippen molar-refractivity contribution in [1.29, 1.82) is 0 Å². The molecule has 1 saturated carbocycles. The fraction of sp³-hybridized carbons (Fsp3) is 0.750. The van der Waals surface area contributed by atoms with Gasteiger partial charge in [0.05, 0.1) is 11.4 Å². The molecule has 0 saturated heterocycles. The highest BCUT2D eigenvalue weighted by molar-refractivity contribution is 5.13. The van der Waals surface area contributed by atoms with Crippen LogP contribution >= 0.6 is 0 Å². The molecule has 0 radical (unpaired) electrons. The minimum atomic E-state index is 0.474. The number of rotatable bonds is 4.